The van der Waals surface area contributed by atoms with E-state index in [9.17, 15) is 39.3 Å². The fourth-order valence-electron chi connectivity index (χ4n) is 3.74. The number of carbonyl (C=O) groups is 5. The lowest BCUT2D eigenvalue weighted by Gasteiger charge is -2.25. The van der Waals surface area contributed by atoms with Crippen LogP contribution in [0.2, 0.25) is 0 Å². The van der Waals surface area contributed by atoms with Crippen molar-refractivity contribution in [2.24, 2.45) is 11.7 Å². The number of carbonyl (C=O) groups excluding carboxylic acids is 3. The molecule has 0 aliphatic heterocycles. The first kappa shape index (κ1) is 30.8. The summed E-state index contributed by atoms with van der Waals surface area (Å²) < 4.78 is 0. The molecule has 4 atom stereocenters. The number of benzene rings is 2. The van der Waals surface area contributed by atoms with Gasteiger partial charge >= 0.3 is 11.9 Å². The predicted octanol–water partition coefficient (Wildman–Crippen LogP) is 0.174. The highest BCUT2D eigenvalue weighted by Gasteiger charge is 2.32. The molecule has 0 radical (unpaired) electrons. The van der Waals surface area contributed by atoms with Crippen LogP contribution in [0.1, 0.15) is 31.4 Å². The molecule has 0 fully saturated rings. The number of phenolic OH excluding ortho intramolecular Hbond substituents is 1. The van der Waals surface area contributed by atoms with Gasteiger partial charge in [-0.05, 0) is 35.6 Å². The molecule has 12 heteroatoms. The average molecular weight is 543 g/mol. The Balaban J connectivity index is 2.20. The van der Waals surface area contributed by atoms with Gasteiger partial charge in [-0.25, -0.2) is 4.79 Å². The van der Waals surface area contributed by atoms with E-state index in [4.69, 9.17) is 5.73 Å². The fourth-order valence-corrected chi connectivity index (χ4v) is 3.74. The third-order valence-corrected chi connectivity index (χ3v) is 5.89. The standard InChI is InChI=1S/C27H34N4O8/c1-15(2)23(27(38)39)31-26(37)20(13-16-6-4-3-5-7-16)30-25(36)21(14-22(33)34)29-24(35)19(28)12-17-8-10-18(32)11-9-17/h3-11,15,19-21,23,32H,12-14,28H2,1-2H3,(H,29,35)(H,30,36)(H,31,37)(H,33,34)(H,38,39). The molecule has 210 valence electrons. The Bertz CT molecular complexity index is 1150. The molecule has 3 amide bonds. The van der Waals surface area contributed by atoms with Gasteiger partial charge in [-0.3, -0.25) is 19.2 Å². The Kier molecular flexibility index (Phi) is 11.4. The van der Waals surface area contributed by atoms with E-state index in [1.54, 1.807) is 56.3 Å². The molecule has 0 spiro atoms. The molecule has 0 heterocycles. The van der Waals surface area contributed by atoms with Gasteiger partial charge in [0, 0.05) is 6.42 Å². The van der Waals surface area contributed by atoms with E-state index in [1.165, 1.54) is 12.1 Å². The molecule has 0 saturated carbocycles. The van der Waals surface area contributed by atoms with Gasteiger partial charge in [0.1, 0.15) is 23.9 Å². The summed E-state index contributed by atoms with van der Waals surface area (Å²) in [6, 6.07) is 9.43. The van der Waals surface area contributed by atoms with Crippen molar-refractivity contribution in [2.45, 2.75) is 57.3 Å². The van der Waals surface area contributed by atoms with E-state index in [2.05, 4.69) is 16.0 Å². The van der Waals surface area contributed by atoms with Crippen molar-refractivity contribution in [3.05, 3.63) is 65.7 Å². The number of rotatable bonds is 14. The Morgan fingerprint density at radius 2 is 1.28 bits per heavy atom. The number of aromatic hydroxyl groups is 1. The topological polar surface area (TPSA) is 208 Å². The van der Waals surface area contributed by atoms with E-state index in [1.807, 2.05) is 0 Å². The number of aliphatic carboxylic acids is 2. The third kappa shape index (κ3) is 10.1. The second kappa shape index (κ2) is 14.5. The van der Waals surface area contributed by atoms with Gasteiger partial charge in [0.15, 0.2) is 0 Å². The molecule has 0 bridgehead atoms. The van der Waals surface area contributed by atoms with Gasteiger partial charge in [0.25, 0.3) is 0 Å². The SMILES string of the molecule is CC(C)C(NC(=O)C(Cc1ccccc1)NC(=O)C(CC(=O)O)NC(=O)C(N)Cc1ccc(O)cc1)C(=O)O. The van der Waals surface area contributed by atoms with Crippen LogP contribution in [0.5, 0.6) is 5.75 Å². The Hall–Kier alpha value is -4.45. The first-order valence-electron chi connectivity index (χ1n) is 12.3. The largest absolute Gasteiger partial charge is 0.508 e. The number of hydrogen-bond donors (Lipinski definition) is 7. The van der Waals surface area contributed by atoms with E-state index in [0.29, 0.717) is 11.1 Å². The van der Waals surface area contributed by atoms with Crippen molar-refractivity contribution in [1.29, 1.82) is 0 Å². The zero-order chi connectivity index (χ0) is 29.1. The van der Waals surface area contributed by atoms with Gasteiger partial charge in [-0.2, -0.15) is 0 Å². The number of phenols is 1. The van der Waals surface area contributed by atoms with Crippen molar-refractivity contribution in [1.82, 2.24) is 16.0 Å². The molecule has 0 aliphatic carbocycles. The van der Waals surface area contributed by atoms with Crippen LogP contribution in [0.4, 0.5) is 0 Å². The van der Waals surface area contributed by atoms with E-state index < -0.39 is 66.2 Å². The highest BCUT2D eigenvalue weighted by atomic mass is 16.4. The second-order valence-electron chi connectivity index (χ2n) is 9.46. The minimum absolute atomic E-state index is 0.0169. The van der Waals surface area contributed by atoms with Gasteiger partial charge < -0.3 is 37.0 Å². The van der Waals surface area contributed by atoms with E-state index >= 15 is 0 Å². The van der Waals surface area contributed by atoms with Crippen molar-refractivity contribution in [2.75, 3.05) is 0 Å². The lowest BCUT2D eigenvalue weighted by Crippen LogP contribution is -2.58. The molecule has 0 aliphatic rings. The van der Waals surface area contributed by atoms with Crippen LogP contribution in [0.3, 0.4) is 0 Å². The first-order chi connectivity index (χ1) is 18.4. The van der Waals surface area contributed by atoms with Gasteiger partial charge in [-0.1, -0.05) is 56.3 Å². The number of carboxylic acid groups (broad SMARTS) is 2. The number of nitrogens with one attached hydrogen (secondary N) is 3. The van der Waals surface area contributed by atoms with Crippen molar-refractivity contribution >= 4 is 29.7 Å². The van der Waals surface area contributed by atoms with Crippen LogP contribution in [0.25, 0.3) is 0 Å². The van der Waals surface area contributed by atoms with Crippen molar-refractivity contribution in [3.63, 3.8) is 0 Å². The van der Waals surface area contributed by atoms with E-state index in [-0.39, 0.29) is 18.6 Å². The summed E-state index contributed by atoms with van der Waals surface area (Å²) in [7, 11) is 0. The molecule has 8 N–H and O–H groups in total. The molecular formula is C27H34N4O8. The van der Waals surface area contributed by atoms with Crippen LogP contribution in [-0.2, 0) is 36.8 Å². The van der Waals surface area contributed by atoms with Crippen LogP contribution >= 0.6 is 0 Å². The third-order valence-electron chi connectivity index (χ3n) is 5.89. The average Bonchev–Trinajstić information content (AvgIpc) is 2.87. The number of carboxylic acids is 2. The van der Waals surface area contributed by atoms with Crippen LogP contribution < -0.4 is 21.7 Å². The normalized spacial score (nSPS) is 13.9. The molecule has 2 aromatic rings. The minimum Gasteiger partial charge on any atom is -0.508 e. The molecule has 39 heavy (non-hydrogen) atoms. The zero-order valence-corrected chi connectivity index (χ0v) is 21.7. The van der Waals surface area contributed by atoms with Gasteiger partial charge in [0.05, 0.1) is 12.5 Å². The minimum atomic E-state index is -1.56. The first-order valence-corrected chi connectivity index (χ1v) is 12.3. The summed E-state index contributed by atoms with van der Waals surface area (Å²) in [6.45, 7) is 3.23. The van der Waals surface area contributed by atoms with Crippen LogP contribution in [0.15, 0.2) is 54.6 Å². The highest BCUT2D eigenvalue weighted by molar-refractivity contribution is 5.95. The summed E-state index contributed by atoms with van der Waals surface area (Å²) in [5.41, 5.74) is 7.24. The Morgan fingerprint density at radius 1 is 0.744 bits per heavy atom. The molecule has 2 rings (SSSR count). The summed E-state index contributed by atoms with van der Waals surface area (Å²) >= 11 is 0. The second-order valence-corrected chi connectivity index (χ2v) is 9.46. The predicted molar refractivity (Wildman–Crippen MR) is 140 cm³/mol. The highest BCUT2D eigenvalue weighted by Crippen LogP contribution is 2.11. The monoisotopic (exact) mass is 542 g/mol. The Labute approximate surface area is 225 Å². The molecular weight excluding hydrogens is 508 g/mol. The van der Waals surface area contributed by atoms with E-state index in [0.717, 1.165) is 0 Å². The van der Waals surface area contributed by atoms with Crippen LogP contribution in [-0.4, -0.2) is 69.1 Å². The smallest absolute Gasteiger partial charge is 0.326 e. The van der Waals surface area contributed by atoms with Crippen LogP contribution in [0, 0.1) is 5.92 Å². The summed E-state index contributed by atoms with van der Waals surface area (Å²) in [4.78, 5) is 62.0. The van der Waals surface area contributed by atoms with Gasteiger partial charge in [0.2, 0.25) is 17.7 Å². The molecule has 4 unspecified atom stereocenters. The quantitative estimate of drug-likeness (QED) is 0.173. The fraction of sp³-hybridized carbons (Fsp3) is 0.370. The maximum Gasteiger partial charge on any atom is 0.326 e. The zero-order valence-electron chi connectivity index (χ0n) is 21.7. The van der Waals surface area contributed by atoms with Crippen molar-refractivity contribution < 1.29 is 39.3 Å². The molecule has 0 aromatic heterocycles. The summed E-state index contributed by atoms with van der Waals surface area (Å²) in [5.74, 6) is -5.56. The lowest BCUT2D eigenvalue weighted by molar-refractivity contribution is -0.144. The molecule has 12 nitrogen and oxygen atoms in total. The summed E-state index contributed by atoms with van der Waals surface area (Å²) in [6.07, 6.45) is -0.748. The summed E-state index contributed by atoms with van der Waals surface area (Å²) in [5, 5.41) is 35.4. The molecule has 0 saturated heterocycles. The maximum absolute atomic E-state index is 13.1. The van der Waals surface area contributed by atoms with Crippen molar-refractivity contribution in [3.8, 4) is 5.75 Å². The van der Waals surface area contributed by atoms with Gasteiger partial charge in [-0.15, -0.1) is 0 Å². The number of hydrogen-bond acceptors (Lipinski definition) is 7. The number of nitrogens with two attached hydrogens (primary N) is 1. The number of amides is 3. The Morgan fingerprint density at radius 3 is 1.82 bits per heavy atom. The maximum atomic E-state index is 13.1. The molecule has 2 aromatic carbocycles. The lowest BCUT2D eigenvalue weighted by atomic mass is 10.0.